The van der Waals surface area contributed by atoms with Gasteiger partial charge in [0.15, 0.2) is 0 Å². The van der Waals surface area contributed by atoms with E-state index >= 15 is 0 Å². The van der Waals surface area contributed by atoms with Crippen LogP contribution in [0.2, 0.25) is 0 Å². The molecule has 0 saturated carbocycles. The zero-order valence-corrected chi connectivity index (χ0v) is 10.6. The molecule has 7 nitrogen and oxygen atoms in total. The largest absolute Gasteiger partial charge is 0.282 e. The number of rotatable bonds is 7. The molecule has 0 bridgehead atoms. The molecule has 0 aromatic rings. The van der Waals surface area contributed by atoms with Crippen molar-refractivity contribution in [1.82, 2.24) is 15.9 Å². The Morgan fingerprint density at radius 1 is 1.39 bits per heavy atom. The number of unbranched alkanes of at least 4 members (excludes halogenated alkanes) is 2. The van der Waals surface area contributed by atoms with Crippen molar-refractivity contribution in [3.63, 3.8) is 0 Å². The van der Waals surface area contributed by atoms with E-state index < -0.39 is 0 Å². The molecule has 3 amide bonds. The van der Waals surface area contributed by atoms with Crippen LogP contribution in [-0.2, 0) is 14.4 Å². The highest BCUT2D eigenvalue weighted by atomic mass is 16.2. The Kier molecular flexibility index (Phi) is 5.73. The number of likely N-dealkylation sites (tertiary alicyclic amines) is 1. The summed E-state index contributed by atoms with van der Waals surface area (Å²) in [5, 5.41) is 0. The van der Waals surface area contributed by atoms with Crippen LogP contribution in [0.5, 0.6) is 0 Å². The van der Waals surface area contributed by atoms with Crippen molar-refractivity contribution >= 4 is 17.7 Å². The monoisotopic (exact) mass is 256 g/mol. The molecule has 1 saturated heterocycles. The summed E-state index contributed by atoms with van der Waals surface area (Å²) in [4.78, 5) is 35.4. The number of nitrogens with two attached hydrogens (primary N) is 1. The van der Waals surface area contributed by atoms with Crippen molar-refractivity contribution in [1.29, 1.82) is 0 Å². The minimum atomic E-state index is -0.182. The van der Waals surface area contributed by atoms with Crippen LogP contribution in [0.25, 0.3) is 0 Å². The van der Waals surface area contributed by atoms with Gasteiger partial charge >= 0.3 is 0 Å². The molecule has 1 fully saturated rings. The first-order valence-electron chi connectivity index (χ1n) is 6.15. The van der Waals surface area contributed by atoms with Gasteiger partial charge in [-0.25, -0.2) is 0 Å². The zero-order valence-electron chi connectivity index (χ0n) is 10.6. The average Bonchev–Trinajstić information content (AvgIpc) is 2.55. The molecular weight excluding hydrogens is 236 g/mol. The molecule has 0 aromatic heterocycles. The number of hydrogen-bond acceptors (Lipinski definition) is 5. The van der Waals surface area contributed by atoms with E-state index in [0.29, 0.717) is 25.8 Å². The van der Waals surface area contributed by atoms with Gasteiger partial charge in [-0.15, -0.1) is 0 Å². The molecule has 1 heterocycles. The highest BCUT2D eigenvalue weighted by Crippen LogP contribution is 2.19. The van der Waals surface area contributed by atoms with Crippen molar-refractivity contribution < 1.29 is 14.4 Å². The number of hydrogen-bond donors (Lipinski definition) is 3. The summed E-state index contributed by atoms with van der Waals surface area (Å²) in [6.45, 7) is 2.23. The second kappa shape index (κ2) is 7.07. The molecule has 0 spiro atoms. The van der Waals surface area contributed by atoms with Gasteiger partial charge in [0.1, 0.15) is 0 Å². The van der Waals surface area contributed by atoms with Crippen LogP contribution in [-0.4, -0.2) is 29.2 Å². The topological polar surface area (TPSA) is 105 Å². The predicted octanol–water partition coefficient (Wildman–Crippen LogP) is -0.564. The van der Waals surface area contributed by atoms with Crippen molar-refractivity contribution in [2.45, 2.75) is 39.0 Å². The quantitative estimate of drug-likeness (QED) is 0.245. The van der Waals surface area contributed by atoms with Gasteiger partial charge in [-0.1, -0.05) is 13.3 Å². The number of carbonyl (C=O) groups is 3. The third kappa shape index (κ3) is 4.08. The molecule has 1 atom stereocenters. The van der Waals surface area contributed by atoms with Gasteiger partial charge in [0.25, 0.3) is 0 Å². The van der Waals surface area contributed by atoms with E-state index in [9.17, 15) is 14.4 Å². The van der Waals surface area contributed by atoms with Crippen LogP contribution >= 0.6 is 0 Å². The lowest BCUT2D eigenvalue weighted by Crippen LogP contribution is -2.42. The second-order valence-electron chi connectivity index (χ2n) is 4.49. The summed E-state index contributed by atoms with van der Waals surface area (Å²) in [5.74, 6) is 4.41. The first-order chi connectivity index (χ1) is 8.56. The SMILES string of the molecule is CC1CC(=O)N(CCCCCC(=O)NNN)C1=O. The van der Waals surface area contributed by atoms with Gasteiger partial charge in [0.2, 0.25) is 17.7 Å². The molecule has 0 aliphatic carbocycles. The third-order valence-corrected chi connectivity index (χ3v) is 2.97. The van der Waals surface area contributed by atoms with E-state index in [1.807, 2.05) is 0 Å². The van der Waals surface area contributed by atoms with Crippen molar-refractivity contribution in [2.75, 3.05) is 6.54 Å². The van der Waals surface area contributed by atoms with E-state index in [4.69, 9.17) is 5.84 Å². The first-order valence-corrected chi connectivity index (χ1v) is 6.15. The van der Waals surface area contributed by atoms with E-state index in [1.54, 1.807) is 6.92 Å². The van der Waals surface area contributed by atoms with E-state index in [-0.39, 0.29) is 23.6 Å². The summed E-state index contributed by atoms with van der Waals surface area (Å²) in [6, 6.07) is 0. The lowest BCUT2D eigenvalue weighted by Gasteiger charge is -2.13. The fourth-order valence-electron chi connectivity index (χ4n) is 1.96. The first kappa shape index (κ1) is 14.6. The van der Waals surface area contributed by atoms with Gasteiger partial charge < -0.3 is 0 Å². The third-order valence-electron chi connectivity index (χ3n) is 2.97. The summed E-state index contributed by atoms with van der Waals surface area (Å²) < 4.78 is 0. The smallest absolute Gasteiger partial charge is 0.235 e. The molecule has 1 rings (SSSR count). The maximum Gasteiger partial charge on any atom is 0.235 e. The van der Waals surface area contributed by atoms with Crippen LogP contribution in [0, 0.1) is 5.92 Å². The number of carbonyl (C=O) groups excluding carboxylic acids is 3. The molecule has 1 unspecified atom stereocenters. The molecular formula is C11H20N4O3. The summed E-state index contributed by atoms with van der Waals surface area (Å²) >= 11 is 0. The number of hydrazine groups is 2. The van der Waals surface area contributed by atoms with Gasteiger partial charge in [0, 0.05) is 25.3 Å². The van der Waals surface area contributed by atoms with Crippen LogP contribution in [0.15, 0.2) is 0 Å². The normalized spacial score (nSPS) is 19.4. The number of amides is 3. The van der Waals surface area contributed by atoms with Crippen LogP contribution in [0.4, 0.5) is 0 Å². The molecule has 102 valence electrons. The maximum atomic E-state index is 11.6. The van der Waals surface area contributed by atoms with E-state index in [0.717, 1.165) is 12.8 Å². The van der Waals surface area contributed by atoms with Crippen molar-refractivity contribution in [2.24, 2.45) is 11.8 Å². The lowest BCUT2D eigenvalue weighted by molar-refractivity contribution is -0.139. The molecule has 4 N–H and O–H groups in total. The fraction of sp³-hybridized carbons (Fsp3) is 0.727. The number of nitrogens with one attached hydrogen (secondary N) is 2. The highest BCUT2D eigenvalue weighted by Gasteiger charge is 2.34. The number of nitrogens with zero attached hydrogens (tertiary/aromatic N) is 1. The van der Waals surface area contributed by atoms with Crippen molar-refractivity contribution in [3.05, 3.63) is 0 Å². The minimum Gasteiger partial charge on any atom is -0.282 e. The Morgan fingerprint density at radius 3 is 2.67 bits per heavy atom. The van der Waals surface area contributed by atoms with Gasteiger partial charge in [-0.2, -0.15) is 5.53 Å². The molecule has 7 heteroatoms. The molecule has 1 aliphatic rings. The lowest BCUT2D eigenvalue weighted by atomic mass is 10.1. The Morgan fingerprint density at radius 2 is 2.11 bits per heavy atom. The minimum absolute atomic E-state index is 0.0786. The van der Waals surface area contributed by atoms with Crippen molar-refractivity contribution in [3.8, 4) is 0 Å². The van der Waals surface area contributed by atoms with E-state index in [1.165, 1.54) is 4.90 Å². The molecule has 0 radical (unpaired) electrons. The van der Waals surface area contributed by atoms with Crippen LogP contribution < -0.4 is 16.8 Å². The summed E-state index contributed by atoms with van der Waals surface area (Å²) in [6.07, 6.45) is 2.93. The predicted molar refractivity (Wildman–Crippen MR) is 64.4 cm³/mol. The fourth-order valence-corrected chi connectivity index (χ4v) is 1.96. The number of imide groups is 1. The van der Waals surface area contributed by atoms with Gasteiger partial charge in [0.05, 0.1) is 0 Å². The molecule has 18 heavy (non-hydrogen) atoms. The molecule has 1 aliphatic heterocycles. The Labute approximate surface area is 106 Å². The molecule has 0 aromatic carbocycles. The zero-order chi connectivity index (χ0) is 13.5. The summed E-state index contributed by atoms with van der Waals surface area (Å²) in [5.41, 5.74) is 4.34. The summed E-state index contributed by atoms with van der Waals surface area (Å²) in [7, 11) is 0. The van der Waals surface area contributed by atoms with Gasteiger partial charge in [-0.3, -0.25) is 30.6 Å². The standard InChI is InChI=1S/C11H20N4O3/c1-8-7-10(17)15(11(8)18)6-4-2-3-5-9(16)13-14-12/h8,14H,2-7,12H2,1H3,(H,13,16). The average molecular weight is 256 g/mol. The van der Waals surface area contributed by atoms with Crippen LogP contribution in [0.1, 0.15) is 39.0 Å². The Hall–Kier alpha value is -1.47. The highest BCUT2D eigenvalue weighted by molar-refractivity contribution is 6.03. The second-order valence-corrected chi connectivity index (χ2v) is 4.49. The Balaban J connectivity index is 2.13. The van der Waals surface area contributed by atoms with E-state index in [2.05, 4.69) is 11.0 Å². The Bertz CT molecular complexity index is 332. The maximum absolute atomic E-state index is 11.6. The van der Waals surface area contributed by atoms with Gasteiger partial charge in [-0.05, 0) is 12.8 Å². The van der Waals surface area contributed by atoms with Crippen LogP contribution in [0.3, 0.4) is 0 Å².